The summed E-state index contributed by atoms with van der Waals surface area (Å²) < 4.78 is 41.7. The second kappa shape index (κ2) is 17.1. The van der Waals surface area contributed by atoms with Crippen molar-refractivity contribution in [2.75, 3.05) is 20.3 Å². The lowest BCUT2D eigenvalue weighted by atomic mass is 9.47. The van der Waals surface area contributed by atoms with Gasteiger partial charge in [-0.2, -0.15) is 0 Å². The molecule has 4 aliphatic carbocycles. The van der Waals surface area contributed by atoms with Crippen LogP contribution in [0.3, 0.4) is 0 Å². The van der Waals surface area contributed by atoms with E-state index in [0.717, 1.165) is 38.5 Å². The van der Waals surface area contributed by atoms with E-state index in [1.165, 1.54) is 12.7 Å². The lowest BCUT2D eigenvalue weighted by molar-refractivity contribution is -0.376. The minimum Gasteiger partial charge on any atom is -0.394 e. The van der Waals surface area contributed by atoms with Crippen molar-refractivity contribution in [3.63, 3.8) is 0 Å². The maximum absolute atomic E-state index is 11.8. The molecule has 57 heavy (non-hydrogen) atoms. The van der Waals surface area contributed by atoms with Gasteiger partial charge in [0.25, 0.3) is 0 Å². The molecule has 0 aromatic carbocycles. The first-order valence-electron chi connectivity index (χ1n) is 20.8. The molecule has 24 atom stereocenters. The highest BCUT2D eigenvalue weighted by molar-refractivity contribution is 5.26. The van der Waals surface area contributed by atoms with Crippen LogP contribution in [0, 0.1) is 34.5 Å². The van der Waals surface area contributed by atoms with E-state index in [4.69, 9.17) is 33.2 Å². The Morgan fingerprint density at radius 3 is 2.12 bits per heavy atom. The third-order valence-electron chi connectivity index (χ3n) is 15.3. The molecule has 0 amide bonds. The number of allylic oxidation sites excluding steroid dienone is 1. The van der Waals surface area contributed by atoms with E-state index in [2.05, 4.69) is 19.9 Å². The first-order chi connectivity index (χ1) is 26.9. The maximum Gasteiger partial charge on any atom is 0.187 e. The average molecular weight is 819 g/mol. The molecule has 10 N–H and O–H groups in total. The van der Waals surface area contributed by atoms with Crippen LogP contribution >= 0.6 is 0 Å². The Kier molecular flexibility index (Phi) is 13.2. The molecule has 24 unspecified atom stereocenters. The molecule has 17 nitrogen and oxygen atoms in total. The summed E-state index contributed by atoms with van der Waals surface area (Å²) in [4.78, 5) is 0. The van der Waals surface area contributed by atoms with Gasteiger partial charge in [-0.1, -0.05) is 25.5 Å². The van der Waals surface area contributed by atoms with Gasteiger partial charge in [-0.05, 0) is 87.4 Å². The number of rotatable bonds is 10. The number of methoxy groups -OCH3 is 1. The Morgan fingerprint density at radius 2 is 1.44 bits per heavy atom. The molecule has 328 valence electrons. The molecular formula is C40H66O17. The molecule has 0 aromatic rings. The minimum absolute atomic E-state index is 0.0434. The summed E-state index contributed by atoms with van der Waals surface area (Å²) in [7, 11) is 1.37. The number of fused-ring (bicyclic) bond motifs is 5. The monoisotopic (exact) mass is 818 g/mol. The van der Waals surface area contributed by atoms with E-state index in [1.54, 1.807) is 6.92 Å². The van der Waals surface area contributed by atoms with E-state index in [-0.39, 0.29) is 28.8 Å². The summed E-state index contributed by atoms with van der Waals surface area (Å²) in [5.41, 5.74) is 1.16. The molecule has 0 radical (unpaired) electrons. The van der Waals surface area contributed by atoms with Crippen molar-refractivity contribution in [1.29, 1.82) is 0 Å². The average Bonchev–Trinajstić information content (AvgIpc) is 3.46. The normalized spacial score (nSPS) is 54.6. The number of aliphatic hydroxyl groups is 10. The molecule has 3 aliphatic heterocycles. The van der Waals surface area contributed by atoms with Crippen molar-refractivity contribution < 1.29 is 84.2 Å². The zero-order chi connectivity index (χ0) is 41.3. The van der Waals surface area contributed by atoms with Crippen LogP contribution in [0.15, 0.2) is 11.6 Å². The Morgan fingerprint density at radius 1 is 0.772 bits per heavy atom. The standard InChI is InChI=1S/C40H66O17/c1-16(26-23(43)13-22-20-7-6-18-12-19(42)8-10-39(18,3)21(20)9-11-40(22,26)4)53-38-35(34(51-5)27(44)17(2)54-38)57-37-33(50)31(48)29(46)25(56-37)15-52-36-32(49)30(47)28(45)24(14-41)55-36/h6,16-17,19-38,41-50H,7-15H2,1-5H3. The zero-order valence-electron chi connectivity index (χ0n) is 33.5. The molecule has 17 heteroatoms. The summed E-state index contributed by atoms with van der Waals surface area (Å²) in [5.74, 6) is 0.826. The van der Waals surface area contributed by atoms with E-state index in [1.807, 2.05) is 6.92 Å². The van der Waals surface area contributed by atoms with Crippen molar-refractivity contribution in [2.24, 2.45) is 34.5 Å². The first-order valence-corrected chi connectivity index (χ1v) is 20.8. The zero-order valence-corrected chi connectivity index (χ0v) is 33.5. The molecule has 0 bridgehead atoms. The molecule has 3 heterocycles. The fourth-order valence-electron chi connectivity index (χ4n) is 12.1. The number of hydrogen-bond acceptors (Lipinski definition) is 17. The highest BCUT2D eigenvalue weighted by Crippen LogP contribution is 2.67. The molecule has 7 aliphatic rings. The fraction of sp³-hybridized carbons (Fsp3) is 0.950. The molecule has 3 saturated heterocycles. The second-order valence-corrected chi connectivity index (χ2v) is 18.4. The van der Waals surface area contributed by atoms with Gasteiger partial charge in [0.15, 0.2) is 18.9 Å². The lowest BCUT2D eigenvalue weighted by Gasteiger charge is -2.58. The Labute approximate surface area is 333 Å². The van der Waals surface area contributed by atoms with Crippen molar-refractivity contribution in [1.82, 2.24) is 0 Å². The van der Waals surface area contributed by atoms with Gasteiger partial charge in [0.2, 0.25) is 0 Å². The minimum atomic E-state index is -1.81. The van der Waals surface area contributed by atoms with Crippen molar-refractivity contribution in [2.45, 2.75) is 183 Å². The van der Waals surface area contributed by atoms with Gasteiger partial charge in [0.05, 0.1) is 37.6 Å². The third-order valence-corrected chi connectivity index (χ3v) is 15.3. The largest absolute Gasteiger partial charge is 0.394 e. The van der Waals surface area contributed by atoms with Crippen LogP contribution in [0.2, 0.25) is 0 Å². The molecule has 0 aromatic heterocycles. The quantitative estimate of drug-likeness (QED) is 0.112. The lowest BCUT2D eigenvalue weighted by Crippen LogP contribution is -2.65. The summed E-state index contributed by atoms with van der Waals surface area (Å²) in [6.45, 7) is 6.93. The van der Waals surface area contributed by atoms with Crippen molar-refractivity contribution in [3.05, 3.63) is 11.6 Å². The summed E-state index contributed by atoms with van der Waals surface area (Å²) in [5, 5.41) is 106. The van der Waals surface area contributed by atoms with Crippen LogP contribution in [0.4, 0.5) is 0 Å². The summed E-state index contributed by atoms with van der Waals surface area (Å²) in [6, 6.07) is 0. The highest BCUT2D eigenvalue weighted by Gasteiger charge is 2.63. The number of aliphatic hydroxyl groups excluding tert-OH is 10. The van der Waals surface area contributed by atoms with E-state index in [9.17, 15) is 51.1 Å². The SMILES string of the molecule is COC1C(O)C(C)OC(OC(C)C2C(O)CC3C4CC=C5CC(O)CCC5(C)C4CCC32C)C1OC1OC(COC2OC(CO)C(O)C(O)C2O)C(O)C(O)C1O. The van der Waals surface area contributed by atoms with E-state index < -0.39 is 118 Å². The van der Waals surface area contributed by atoms with E-state index in [0.29, 0.717) is 18.3 Å². The van der Waals surface area contributed by atoms with Crippen LogP contribution in [-0.4, -0.2) is 182 Å². The Bertz CT molecular complexity index is 1400. The van der Waals surface area contributed by atoms with Crippen LogP contribution in [0.1, 0.15) is 72.6 Å². The van der Waals surface area contributed by atoms with E-state index >= 15 is 0 Å². The molecule has 6 fully saturated rings. The first kappa shape index (κ1) is 44.1. The van der Waals surface area contributed by atoms with Gasteiger partial charge in [-0.15, -0.1) is 0 Å². The predicted molar refractivity (Wildman–Crippen MR) is 196 cm³/mol. The van der Waals surface area contributed by atoms with Crippen LogP contribution in [0.25, 0.3) is 0 Å². The van der Waals surface area contributed by atoms with Gasteiger partial charge < -0.3 is 84.2 Å². The fourth-order valence-corrected chi connectivity index (χ4v) is 12.1. The van der Waals surface area contributed by atoms with Gasteiger partial charge in [-0.3, -0.25) is 0 Å². The molecular weight excluding hydrogens is 752 g/mol. The summed E-state index contributed by atoms with van der Waals surface area (Å²) >= 11 is 0. The van der Waals surface area contributed by atoms with Gasteiger partial charge in [-0.25, -0.2) is 0 Å². The van der Waals surface area contributed by atoms with Gasteiger partial charge in [0, 0.05) is 13.0 Å². The second-order valence-electron chi connectivity index (χ2n) is 18.4. The van der Waals surface area contributed by atoms with Crippen LogP contribution in [0.5, 0.6) is 0 Å². The maximum atomic E-state index is 11.8. The third kappa shape index (κ3) is 7.79. The predicted octanol–water partition coefficient (Wildman–Crippen LogP) is -1.57. The van der Waals surface area contributed by atoms with Crippen molar-refractivity contribution >= 4 is 0 Å². The number of hydrogen-bond donors (Lipinski definition) is 10. The molecule has 0 spiro atoms. The smallest absolute Gasteiger partial charge is 0.187 e. The Balaban J connectivity index is 1.06. The van der Waals surface area contributed by atoms with Gasteiger partial charge in [0.1, 0.15) is 67.1 Å². The molecule has 7 rings (SSSR count). The number of ether oxygens (including phenoxy) is 7. The molecule has 3 saturated carbocycles. The highest BCUT2D eigenvalue weighted by atomic mass is 16.8. The van der Waals surface area contributed by atoms with Crippen molar-refractivity contribution in [3.8, 4) is 0 Å². The van der Waals surface area contributed by atoms with Gasteiger partial charge >= 0.3 is 0 Å². The van der Waals surface area contributed by atoms with Crippen LogP contribution < -0.4 is 0 Å². The topological polar surface area (TPSA) is 267 Å². The Hall–Kier alpha value is -0.940. The summed E-state index contributed by atoms with van der Waals surface area (Å²) in [6.07, 6.45) is -15.0. The van der Waals surface area contributed by atoms with Crippen LogP contribution in [-0.2, 0) is 33.2 Å².